The summed E-state index contributed by atoms with van der Waals surface area (Å²) in [4.78, 5) is 40.7. The van der Waals surface area contributed by atoms with Gasteiger partial charge in [-0.2, -0.15) is 13.2 Å². The Kier molecular flexibility index (Phi) is 6.63. The molecule has 2 atom stereocenters. The highest BCUT2D eigenvalue weighted by atomic mass is 19.4. The fourth-order valence-electron chi connectivity index (χ4n) is 5.41. The van der Waals surface area contributed by atoms with Gasteiger partial charge in [0.2, 0.25) is 5.91 Å². The second kappa shape index (κ2) is 10.2. The number of nitrogens with one attached hydrogen (secondary N) is 1. The molecular weight excluding hydrogens is 535 g/mol. The summed E-state index contributed by atoms with van der Waals surface area (Å²) in [5.41, 5.74) is 7.55. The lowest BCUT2D eigenvalue weighted by atomic mass is 9.92. The molecule has 1 saturated heterocycles. The van der Waals surface area contributed by atoms with Crippen LogP contribution in [0.3, 0.4) is 0 Å². The fourth-order valence-corrected chi connectivity index (χ4v) is 5.41. The first-order chi connectivity index (χ1) is 19.6. The number of amides is 2. The molecule has 2 fully saturated rings. The van der Waals surface area contributed by atoms with Gasteiger partial charge in [-0.05, 0) is 56.9 Å². The number of halogens is 3. The number of benzene rings is 1. The predicted molar refractivity (Wildman–Crippen MR) is 146 cm³/mol. The van der Waals surface area contributed by atoms with E-state index >= 15 is 0 Å². The zero-order valence-electron chi connectivity index (χ0n) is 22.2. The molecule has 4 heterocycles. The number of likely N-dealkylation sites (tertiary alicyclic amines) is 1. The van der Waals surface area contributed by atoms with Crippen molar-refractivity contribution in [3.8, 4) is 11.3 Å². The minimum Gasteiger partial charge on any atom is -0.382 e. The van der Waals surface area contributed by atoms with Crippen molar-refractivity contribution < 1.29 is 22.8 Å². The Bertz CT molecular complexity index is 1630. The molecule has 0 spiro atoms. The van der Waals surface area contributed by atoms with Gasteiger partial charge in [0.25, 0.3) is 5.91 Å². The molecule has 0 unspecified atom stereocenters. The van der Waals surface area contributed by atoms with Crippen LogP contribution < -0.4 is 11.1 Å². The molecule has 2 aliphatic rings. The second-order valence-corrected chi connectivity index (χ2v) is 10.7. The van der Waals surface area contributed by atoms with E-state index in [1.54, 1.807) is 30.5 Å². The highest BCUT2D eigenvalue weighted by Gasteiger charge is 2.39. The number of anilines is 2. The van der Waals surface area contributed by atoms with Gasteiger partial charge in [0.1, 0.15) is 28.7 Å². The summed E-state index contributed by atoms with van der Waals surface area (Å²) in [5.74, 6) is 0.672. The van der Waals surface area contributed by atoms with Gasteiger partial charge < -0.3 is 16.0 Å². The predicted octanol–water partition coefficient (Wildman–Crippen LogP) is 5.15. The van der Waals surface area contributed by atoms with Crippen molar-refractivity contribution in [1.82, 2.24) is 24.3 Å². The number of hydrogen-bond acceptors (Lipinski definition) is 6. The molecule has 41 heavy (non-hydrogen) atoms. The highest BCUT2D eigenvalue weighted by Crippen LogP contribution is 2.38. The minimum absolute atomic E-state index is 0.0157. The number of alkyl halides is 3. The van der Waals surface area contributed by atoms with Crippen LogP contribution in [-0.4, -0.2) is 48.7 Å². The van der Waals surface area contributed by atoms with E-state index < -0.39 is 17.6 Å². The number of imidazole rings is 1. The van der Waals surface area contributed by atoms with Crippen molar-refractivity contribution in [3.05, 3.63) is 71.9 Å². The van der Waals surface area contributed by atoms with E-state index in [2.05, 4.69) is 22.2 Å². The Hall–Kier alpha value is -4.48. The Labute approximate surface area is 233 Å². The highest BCUT2D eigenvalue weighted by molar-refractivity contribution is 6.04. The van der Waals surface area contributed by atoms with Gasteiger partial charge in [0.15, 0.2) is 0 Å². The van der Waals surface area contributed by atoms with Gasteiger partial charge in [-0.15, -0.1) is 0 Å². The molecule has 3 aromatic heterocycles. The standard InChI is InChI=1S/C29H28F3N7O2/c1-16-2-3-20(15-39(16)28(41)19-8-9-19)26-37-23(24-25(33)35-12-13-38(24)26)17-4-6-18(7-5-17)27(40)36-22-14-21(10-11-34-22)29(30,31)32/h4-7,10-14,16,19-20H,2-3,8-9,15H2,1H3,(H2,33,35)(H,34,36,40)/t16-,20-/m1/s1. The number of nitrogens with two attached hydrogens (primary N) is 1. The monoisotopic (exact) mass is 563 g/mol. The van der Waals surface area contributed by atoms with Crippen molar-refractivity contribution in [2.75, 3.05) is 17.6 Å². The van der Waals surface area contributed by atoms with E-state index in [-0.39, 0.29) is 35.2 Å². The first-order valence-corrected chi connectivity index (χ1v) is 13.5. The maximum atomic E-state index is 13.0. The van der Waals surface area contributed by atoms with Crippen molar-refractivity contribution in [2.24, 2.45) is 5.92 Å². The molecule has 0 radical (unpaired) electrons. The van der Waals surface area contributed by atoms with Crippen LogP contribution in [0.25, 0.3) is 16.8 Å². The van der Waals surface area contributed by atoms with Crippen molar-refractivity contribution in [3.63, 3.8) is 0 Å². The van der Waals surface area contributed by atoms with Crippen LogP contribution in [-0.2, 0) is 11.0 Å². The molecule has 212 valence electrons. The molecular formula is C29H28F3N7O2. The molecule has 1 aromatic carbocycles. The second-order valence-electron chi connectivity index (χ2n) is 10.7. The third kappa shape index (κ3) is 5.21. The summed E-state index contributed by atoms with van der Waals surface area (Å²) >= 11 is 0. The number of piperidine rings is 1. The topological polar surface area (TPSA) is 119 Å². The van der Waals surface area contributed by atoms with Crippen LogP contribution in [0.1, 0.15) is 60.3 Å². The summed E-state index contributed by atoms with van der Waals surface area (Å²) in [7, 11) is 0. The zero-order valence-corrected chi connectivity index (χ0v) is 22.2. The fraction of sp³-hybridized carbons (Fsp3) is 0.345. The number of rotatable bonds is 5. The first kappa shape index (κ1) is 26.7. The van der Waals surface area contributed by atoms with Crippen LogP contribution >= 0.6 is 0 Å². The van der Waals surface area contributed by atoms with Crippen LogP contribution in [0.5, 0.6) is 0 Å². The van der Waals surface area contributed by atoms with E-state index in [1.807, 2.05) is 15.5 Å². The molecule has 3 N–H and O–H groups in total. The molecule has 1 saturated carbocycles. The summed E-state index contributed by atoms with van der Waals surface area (Å²) < 4.78 is 41.0. The average Bonchev–Trinajstić information content (AvgIpc) is 3.73. The quantitative estimate of drug-likeness (QED) is 0.347. The van der Waals surface area contributed by atoms with Crippen molar-refractivity contribution >= 4 is 29.0 Å². The summed E-state index contributed by atoms with van der Waals surface area (Å²) in [6.07, 6.45) is 3.53. The van der Waals surface area contributed by atoms with Gasteiger partial charge in [-0.1, -0.05) is 12.1 Å². The number of nitrogen functional groups attached to an aromatic ring is 1. The lowest BCUT2D eigenvalue weighted by Crippen LogP contribution is -2.45. The molecule has 6 rings (SSSR count). The van der Waals surface area contributed by atoms with Gasteiger partial charge in [-0.25, -0.2) is 15.0 Å². The third-order valence-corrected chi connectivity index (χ3v) is 7.82. The Morgan fingerprint density at radius 1 is 1.02 bits per heavy atom. The van der Waals surface area contributed by atoms with Crippen LogP contribution in [0, 0.1) is 5.92 Å². The van der Waals surface area contributed by atoms with E-state index in [0.29, 0.717) is 29.1 Å². The molecule has 0 bridgehead atoms. The van der Waals surface area contributed by atoms with Crippen LogP contribution in [0.2, 0.25) is 0 Å². The van der Waals surface area contributed by atoms with E-state index in [0.717, 1.165) is 49.8 Å². The van der Waals surface area contributed by atoms with Crippen molar-refractivity contribution in [1.29, 1.82) is 0 Å². The Morgan fingerprint density at radius 3 is 2.49 bits per heavy atom. The summed E-state index contributed by atoms with van der Waals surface area (Å²) in [6.45, 7) is 2.67. The lowest BCUT2D eigenvalue weighted by Gasteiger charge is -2.37. The zero-order chi connectivity index (χ0) is 28.9. The number of carbonyl (C=O) groups is 2. The number of aromatic nitrogens is 4. The molecule has 1 aliphatic heterocycles. The Balaban J connectivity index is 1.27. The van der Waals surface area contributed by atoms with E-state index in [1.165, 1.54) is 0 Å². The Morgan fingerprint density at radius 2 is 1.78 bits per heavy atom. The van der Waals surface area contributed by atoms with E-state index in [4.69, 9.17) is 10.7 Å². The maximum absolute atomic E-state index is 13.0. The smallest absolute Gasteiger partial charge is 0.382 e. The molecule has 12 heteroatoms. The molecule has 1 aliphatic carbocycles. The molecule has 2 amide bonds. The third-order valence-electron chi connectivity index (χ3n) is 7.82. The molecule has 9 nitrogen and oxygen atoms in total. The summed E-state index contributed by atoms with van der Waals surface area (Å²) in [5, 5.41) is 2.41. The summed E-state index contributed by atoms with van der Waals surface area (Å²) in [6, 6.07) is 8.35. The lowest BCUT2D eigenvalue weighted by molar-refractivity contribution is -0.138. The largest absolute Gasteiger partial charge is 0.416 e. The van der Waals surface area contributed by atoms with E-state index in [9.17, 15) is 22.8 Å². The number of hydrogen-bond donors (Lipinski definition) is 2. The van der Waals surface area contributed by atoms with Gasteiger partial charge in [0, 0.05) is 54.1 Å². The SMILES string of the molecule is C[C@@H]1CC[C@@H](c2nc(-c3ccc(C(=O)Nc4cc(C(F)(F)F)ccn4)cc3)c3c(N)nccn23)CN1C(=O)C1CC1. The number of nitrogens with zero attached hydrogens (tertiary/aromatic N) is 5. The van der Waals surface area contributed by atoms with Gasteiger partial charge >= 0.3 is 6.18 Å². The number of fused-ring (bicyclic) bond motifs is 1. The van der Waals surface area contributed by atoms with Crippen LogP contribution in [0.15, 0.2) is 55.0 Å². The van der Waals surface area contributed by atoms with Crippen molar-refractivity contribution in [2.45, 2.75) is 50.7 Å². The van der Waals surface area contributed by atoms with Gasteiger partial charge in [-0.3, -0.25) is 14.0 Å². The first-order valence-electron chi connectivity index (χ1n) is 13.5. The van der Waals surface area contributed by atoms with Crippen LogP contribution in [0.4, 0.5) is 24.8 Å². The normalized spacial score (nSPS) is 19.4. The molecule has 4 aromatic rings. The minimum atomic E-state index is -4.55. The van der Waals surface area contributed by atoms with Gasteiger partial charge in [0.05, 0.1) is 5.56 Å². The number of carbonyl (C=O) groups excluding carboxylic acids is 2. The maximum Gasteiger partial charge on any atom is 0.416 e. The number of pyridine rings is 1. The average molecular weight is 564 g/mol.